The van der Waals surface area contributed by atoms with Gasteiger partial charge in [-0.05, 0) is 96.8 Å². The lowest BCUT2D eigenvalue weighted by Gasteiger charge is -2.60. The lowest BCUT2D eigenvalue weighted by atomic mass is 9.44. The number of benzene rings is 1. The molecule has 8 heteroatoms. The second kappa shape index (κ2) is 9.02. The number of unbranched alkanes of at least 4 members (excludes halogenated alkanes) is 1. The van der Waals surface area contributed by atoms with Crippen molar-refractivity contribution in [3.8, 4) is 5.75 Å². The molecule has 3 aliphatic rings. The van der Waals surface area contributed by atoms with Crippen LogP contribution < -0.4 is 0 Å². The third kappa shape index (κ3) is 4.18. The van der Waals surface area contributed by atoms with Crippen LogP contribution >= 0.6 is 0 Å². The Hall–Kier alpha value is -1.67. The molecule has 0 amide bonds. The normalized spacial score (nSPS) is 35.7. The van der Waals surface area contributed by atoms with Crippen molar-refractivity contribution in [3.05, 3.63) is 42.0 Å². The third-order valence-corrected chi connectivity index (χ3v) is 9.46. The first-order chi connectivity index (χ1) is 16.3. The summed E-state index contributed by atoms with van der Waals surface area (Å²) in [7, 11) is 0. The smallest absolute Gasteiger partial charge is 0.456 e. The Labute approximate surface area is 203 Å². The van der Waals surface area contributed by atoms with Crippen molar-refractivity contribution < 1.29 is 37.3 Å². The maximum Gasteiger partial charge on any atom is 0.456 e. The number of halogens is 5. The zero-order chi connectivity index (χ0) is 25.8. The van der Waals surface area contributed by atoms with Crippen LogP contribution in [-0.4, -0.2) is 39.6 Å². The molecular formula is C27H35F5O3. The fourth-order valence-corrected chi connectivity index (χ4v) is 7.81. The first-order valence-corrected chi connectivity index (χ1v) is 12.5. The first-order valence-electron chi connectivity index (χ1n) is 12.5. The van der Waals surface area contributed by atoms with Gasteiger partial charge in [0.1, 0.15) is 11.9 Å². The summed E-state index contributed by atoms with van der Waals surface area (Å²) >= 11 is 0. The van der Waals surface area contributed by atoms with Crippen molar-refractivity contribution in [2.24, 2.45) is 22.7 Å². The van der Waals surface area contributed by atoms with Gasteiger partial charge in [-0.3, -0.25) is 0 Å². The Morgan fingerprint density at radius 3 is 2.54 bits per heavy atom. The molecule has 4 rings (SSSR count). The number of aromatic hydroxyl groups is 1. The number of aryl methyl sites for hydroxylation is 1. The van der Waals surface area contributed by atoms with Crippen LogP contribution in [0.5, 0.6) is 5.75 Å². The zero-order valence-corrected chi connectivity index (χ0v) is 20.0. The highest BCUT2D eigenvalue weighted by Crippen LogP contribution is 2.69. The van der Waals surface area contributed by atoms with Crippen molar-refractivity contribution in [1.29, 1.82) is 0 Å². The van der Waals surface area contributed by atoms with Gasteiger partial charge in [-0.15, -0.1) is 6.58 Å². The lowest BCUT2D eigenvalue weighted by molar-refractivity contribution is -0.313. The fraction of sp³-hybridized carbons (Fsp3) is 0.704. The number of aliphatic hydroxyl groups excluding tert-OH is 2. The number of hydrogen-bond acceptors (Lipinski definition) is 3. The van der Waals surface area contributed by atoms with Crippen LogP contribution in [0, 0.1) is 22.7 Å². The van der Waals surface area contributed by atoms with Crippen molar-refractivity contribution >= 4 is 0 Å². The molecule has 35 heavy (non-hydrogen) atoms. The van der Waals surface area contributed by atoms with Gasteiger partial charge in [0.2, 0.25) is 0 Å². The Morgan fingerprint density at radius 2 is 1.89 bits per heavy atom. The molecule has 2 saturated carbocycles. The van der Waals surface area contributed by atoms with Crippen LogP contribution in [0.1, 0.15) is 75.3 Å². The number of fused-ring (bicyclic) bond motifs is 5. The topological polar surface area (TPSA) is 60.7 Å². The maximum absolute atomic E-state index is 13.4. The van der Waals surface area contributed by atoms with Gasteiger partial charge in [-0.1, -0.05) is 31.9 Å². The molecule has 1 unspecified atom stereocenters. The lowest BCUT2D eigenvalue weighted by Crippen LogP contribution is -2.54. The Morgan fingerprint density at radius 1 is 1.17 bits per heavy atom. The first kappa shape index (κ1) is 26.4. The number of phenolic OH excluding ortho intramolecular Hbond substituents is 1. The molecule has 3 N–H and O–H groups in total. The van der Waals surface area contributed by atoms with E-state index in [4.69, 9.17) is 0 Å². The van der Waals surface area contributed by atoms with Gasteiger partial charge < -0.3 is 15.3 Å². The molecule has 196 valence electrons. The minimum absolute atomic E-state index is 0.0439. The fourth-order valence-electron chi connectivity index (χ4n) is 7.81. The number of rotatable bonds is 7. The number of allylic oxidation sites excluding steroid dienone is 1. The highest BCUT2D eigenvalue weighted by molar-refractivity contribution is 5.43. The molecule has 3 nitrogen and oxygen atoms in total. The predicted octanol–water partition coefficient (Wildman–Crippen LogP) is 6.51. The predicted molar refractivity (Wildman–Crippen MR) is 122 cm³/mol. The van der Waals surface area contributed by atoms with E-state index in [-0.39, 0.29) is 40.8 Å². The van der Waals surface area contributed by atoms with E-state index in [1.807, 2.05) is 12.1 Å². The zero-order valence-electron chi connectivity index (χ0n) is 20.0. The van der Waals surface area contributed by atoms with Crippen LogP contribution in [0.4, 0.5) is 22.0 Å². The summed E-state index contributed by atoms with van der Waals surface area (Å²) in [6.45, 7) is 6.33. The van der Waals surface area contributed by atoms with Crippen LogP contribution in [0.3, 0.4) is 0 Å². The van der Waals surface area contributed by atoms with Gasteiger partial charge in [0.25, 0.3) is 0 Å². The molecule has 2 fully saturated rings. The molecule has 7 atom stereocenters. The van der Waals surface area contributed by atoms with Crippen LogP contribution in [-0.2, 0) is 6.42 Å². The number of phenols is 1. The Balaban J connectivity index is 1.58. The monoisotopic (exact) mass is 502 g/mol. The minimum atomic E-state index is -5.78. The van der Waals surface area contributed by atoms with Crippen LogP contribution in [0.2, 0.25) is 0 Å². The molecule has 0 bridgehead atoms. The minimum Gasteiger partial charge on any atom is -0.508 e. The van der Waals surface area contributed by atoms with E-state index in [2.05, 4.69) is 13.5 Å². The molecule has 0 heterocycles. The second-order valence-corrected chi connectivity index (χ2v) is 11.2. The number of aliphatic hydroxyl groups is 2. The van der Waals surface area contributed by atoms with E-state index < -0.39 is 30.7 Å². The quantitative estimate of drug-likeness (QED) is 0.226. The van der Waals surface area contributed by atoms with Crippen molar-refractivity contribution in [3.63, 3.8) is 0 Å². The van der Waals surface area contributed by atoms with E-state index in [0.29, 0.717) is 19.3 Å². The molecule has 0 spiro atoms. The number of hydrogen-bond donors (Lipinski definition) is 3. The molecule has 0 radical (unpaired) electrons. The third-order valence-electron chi connectivity index (χ3n) is 9.46. The number of alkyl halides is 5. The van der Waals surface area contributed by atoms with Crippen molar-refractivity contribution in [2.45, 2.75) is 94.9 Å². The average Bonchev–Trinajstić information content (AvgIpc) is 3.09. The summed E-state index contributed by atoms with van der Waals surface area (Å²) in [5, 5.41) is 30.5. The second-order valence-electron chi connectivity index (χ2n) is 11.2. The maximum atomic E-state index is 13.4. The largest absolute Gasteiger partial charge is 0.508 e. The summed E-state index contributed by atoms with van der Waals surface area (Å²) in [4.78, 5) is 0. The average molecular weight is 503 g/mol. The summed E-state index contributed by atoms with van der Waals surface area (Å²) in [6.07, 6.45) is -2.66. The van der Waals surface area contributed by atoms with E-state index in [0.717, 1.165) is 36.8 Å². The van der Waals surface area contributed by atoms with E-state index in [9.17, 15) is 37.3 Å². The van der Waals surface area contributed by atoms with Crippen LogP contribution in [0.15, 0.2) is 30.9 Å². The van der Waals surface area contributed by atoms with Gasteiger partial charge in [-0.2, -0.15) is 22.0 Å². The molecule has 0 aromatic heterocycles. The molecule has 3 aliphatic carbocycles. The molecule has 1 aromatic rings. The van der Waals surface area contributed by atoms with Gasteiger partial charge in [0, 0.05) is 0 Å². The Bertz CT molecular complexity index is 947. The van der Waals surface area contributed by atoms with Gasteiger partial charge in [0.15, 0.2) is 0 Å². The highest BCUT2D eigenvalue weighted by Gasteiger charge is 2.64. The summed E-state index contributed by atoms with van der Waals surface area (Å²) in [5.41, 5.74) is 1.61. The summed E-state index contributed by atoms with van der Waals surface area (Å²) in [6, 6.07) is 5.40. The van der Waals surface area contributed by atoms with Gasteiger partial charge in [-0.25, -0.2) is 0 Å². The van der Waals surface area contributed by atoms with E-state index in [1.54, 1.807) is 12.1 Å². The van der Waals surface area contributed by atoms with Crippen molar-refractivity contribution in [2.75, 3.05) is 0 Å². The van der Waals surface area contributed by atoms with Gasteiger partial charge in [0.05, 0.1) is 6.10 Å². The molecule has 1 aromatic carbocycles. The Kier molecular flexibility index (Phi) is 6.80. The van der Waals surface area contributed by atoms with E-state index in [1.165, 1.54) is 0 Å². The summed E-state index contributed by atoms with van der Waals surface area (Å²) < 4.78 is 64.5. The van der Waals surface area contributed by atoms with Crippen LogP contribution in [0.25, 0.3) is 0 Å². The SMILES string of the molecule is C=CC12CCc3cc(O)ccc3[C@H]1[C@@H](CCCC[C@@H](O)C(F)(F)C(F)(F)F)C[C@]1(C)[C@@H](O)CC[C@@H]21. The molecule has 0 aliphatic heterocycles. The molecular weight excluding hydrogens is 467 g/mol. The highest BCUT2D eigenvalue weighted by atomic mass is 19.4. The van der Waals surface area contributed by atoms with E-state index >= 15 is 0 Å². The van der Waals surface area contributed by atoms with Gasteiger partial charge >= 0.3 is 12.1 Å². The summed E-state index contributed by atoms with van der Waals surface area (Å²) in [5.74, 6) is -4.57. The standard InChI is InChI=1S/C27H35F5O3/c1-3-25-13-12-16-14-18(33)8-9-19(16)23(25)17(15-24(2)20(25)10-11-21(24)34)6-4-5-7-22(35)26(28,29)27(30,31)32/h3,8-9,14,17,20-23,33-35H,1,4-7,10-13,15H2,2H3/t17-,20+,21-,22+,23+,24-,25?/m0/s1. The van der Waals surface area contributed by atoms with Crippen molar-refractivity contribution in [1.82, 2.24) is 0 Å². The molecule has 0 saturated heterocycles.